The minimum Gasteiger partial charge on any atom is -0.353 e. The van der Waals surface area contributed by atoms with Crippen molar-refractivity contribution in [1.29, 1.82) is 0 Å². The monoisotopic (exact) mass is 310 g/mol. The van der Waals surface area contributed by atoms with Crippen LogP contribution < -0.4 is 10.6 Å². The van der Waals surface area contributed by atoms with Gasteiger partial charge in [-0.25, -0.2) is 0 Å². The lowest BCUT2D eigenvalue weighted by Gasteiger charge is -2.14. The van der Waals surface area contributed by atoms with Crippen LogP contribution in [0.4, 0.5) is 0 Å². The maximum Gasteiger partial charge on any atom is 0.221 e. The molecule has 2 N–H and O–H groups in total. The predicted octanol–water partition coefficient (Wildman–Crippen LogP) is 2.77. The van der Waals surface area contributed by atoms with E-state index in [4.69, 9.17) is 0 Å². The summed E-state index contributed by atoms with van der Waals surface area (Å²) in [7, 11) is 0. The molecule has 0 aliphatic heterocycles. The Labute approximate surface area is 116 Å². The van der Waals surface area contributed by atoms with Gasteiger partial charge in [-0.1, -0.05) is 28.1 Å². The van der Waals surface area contributed by atoms with Gasteiger partial charge in [-0.15, -0.1) is 0 Å². The normalized spacial score (nSPS) is 16.3. The van der Waals surface area contributed by atoms with Crippen LogP contribution in [-0.2, 0) is 4.79 Å². The molecule has 3 nitrogen and oxygen atoms in total. The highest BCUT2D eigenvalue weighted by Gasteiger charge is 2.22. The van der Waals surface area contributed by atoms with Crippen molar-refractivity contribution in [2.75, 3.05) is 6.54 Å². The summed E-state index contributed by atoms with van der Waals surface area (Å²) in [4.78, 5) is 11.5. The molecular weight excluding hydrogens is 292 g/mol. The molecule has 0 heterocycles. The first-order valence-electron chi connectivity index (χ1n) is 6.43. The number of nitrogens with one attached hydrogen (secondary N) is 2. The molecule has 1 aliphatic rings. The standard InChI is InChI=1S/C14H19BrN2O/c1-10(11-3-2-4-12(15)9-11)16-8-7-14(18)17-13-5-6-13/h2-4,9-10,13,16H,5-8H2,1H3,(H,17,18). The Morgan fingerprint density at radius 3 is 2.94 bits per heavy atom. The molecule has 1 fully saturated rings. The molecule has 4 heteroatoms. The maximum absolute atomic E-state index is 11.5. The molecule has 1 aromatic rings. The van der Waals surface area contributed by atoms with Gasteiger partial charge < -0.3 is 10.6 Å². The van der Waals surface area contributed by atoms with E-state index in [1.165, 1.54) is 5.56 Å². The van der Waals surface area contributed by atoms with Gasteiger partial charge in [-0.3, -0.25) is 4.79 Å². The Hall–Kier alpha value is -0.870. The molecule has 0 bridgehead atoms. The number of carbonyl (C=O) groups excluding carboxylic acids is 1. The first-order valence-corrected chi connectivity index (χ1v) is 7.22. The smallest absolute Gasteiger partial charge is 0.221 e. The minimum absolute atomic E-state index is 0.159. The van der Waals surface area contributed by atoms with E-state index in [2.05, 4.69) is 45.6 Å². The lowest BCUT2D eigenvalue weighted by Crippen LogP contribution is -2.30. The third kappa shape index (κ3) is 4.42. The van der Waals surface area contributed by atoms with E-state index in [-0.39, 0.29) is 11.9 Å². The van der Waals surface area contributed by atoms with Crippen molar-refractivity contribution >= 4 is 21.8 Å². The first-order chi connectivity index (χ1) is 8.65. The van der Waals surface area contributed by atoms with Crippen LogP contribution in [0.5, 0.6) is 0 Å². The van der Waals surface area contributed by atoms with Crippen LogP contribution in [0.1, 0.15) is 37.8 Å². The quantitative estimate of drug-likeness (QED) is 0.848. The second-order valence-corrected chi connectivity index (χ2v) is 5.74. The molecule has 0 spiro atoms. The number of benzene rings is 1. The zero-order valence-electron chi connectivity index (χ0n) is 10.6. The van der Waals surface area contributed by atoms with Crippen molar-refractivity contribution < 1.29 is 4.79 Å². The predicted molar refractivity (Wildman–Crippen MR) is 76.3 cm³/mol. The molecule has 1 amide bonds. The van der Waals surface area contributed by atoms with Crippen molar-refractivity contribution in [3.63, 3.8) is 0 Å². The lowest BCUT2D eigenvalue weighted by molar-refractivity contribution is -0.121. The van der Waals surface area contributed by atoms with E-state index in [0.717, 1.165) is 17.3 Å². The van der Waals surface area contributed by atoms with Gasteiger partial charge in [0.25, 0.3) is 0 Å². The number of rotatable bonds is 6. The second-order valence-electron chi connectivity index (χ2n) is 4.82. The number of hydrogen-bond acceptors (Lipinski definition) is 2. The Morgan fingerprint density at radius 2 is 2.28 bits per heavy atom. The molecular formula is C14H19BrN2O. The van der Waals surface area contributed by atoms with Crippen LogP contribution in [0.25, 0.3) is 0 Å². The van der Waals surface area contributed by atoms with Gasteiger partial charge in [0.15, 0.2) is 0 Å². The van der Waals surface area contributed by atoms with E-state index in [0.29, 0.717) is 19.0 Å². The highest BCUT2D eigenvalue weighted by atomic mass is 79.9. The molecule has 1 atom stereocenters. The molecule has 1 saturated carbocycles. The van der Waals surface area contributed by atoms with Crippen molar-refractivity contribution in [1.82, 2.24) is 10.6 Å². The molecule has 1 aromatic carbocycles. The SMILES string of the molecule is CC(NCCC(=O)NC1CC1)c1cccc(Br)c1. The first kappa shape index (κ1) is 13.6. The van der Waals surface area contributed by atoms with Crippen LogP contribution in [0, 0.1) is 0 Å². The Kier molecular flexibility index (Phi) is 4.78. The molecule has 2 rings (SSSR count). The van der Waals surface area contributed by atoms with Crippen LogP contribution in [-0.4, -0.2) is 18.5 Å². The van der Waals surface area contributed by atoms with E-state index in [1.54, 1.807) is 0 Å². The van der Waals surface area contributed by atoms with Crippen molar-refractivity contribution in [2.24, 2.45) is 0 Å². The van der Waals surface area contributed by atoms with E-state index in [1.807, 2.05) is 12.1 Å². The Morgan fingerprint density at radius 1 is 1.50 bits per heavy atom. The summed E-state index contributed by atoms with van der Waals surface area (Å²) in [5.41, 5.74) is 1.23. The number of halogens is 1. The molecule has 0 saturated heterocycles. The fraction of sp³-hybridized carbons (Fsp3) is 0.500. The summed E-state index contributed by atoms with van der Waals surface area (Å²) in [6, 6.07) is 8.95. The number of carbonyl (C=O) groups is 1. The average Bonchev–Trinajstić information content (AvgIpc) is 3.12. The lowest BCUT2D eigenvalue weighted by atomic mass is 10.1. The molecule has 18 heavy (non-hydrogen) atoms. The fourth-order valence-electron chi connectivity index (χ4n) is 1.82. The summed E-state index contributed by atoms with van der Waals surface area (Å²) in [5.74, 6) is 0.159. The summed E-state index contributed by atoms with van der Waals surface area (Å²) >= 11 is 3.46. The van der Waals surface area contributed by atoms with Crippen molar-refractivity contribution in [3.05, 3.63) is 34.3 Å². The highest BCUT2D eigenvalue weighted by Crippen LogP contribution is 2.19. The van der Waals surface area contributed by atoms with Crippen LogP contribution >= 0.6 is 15.9 Å². The van der Waals surface area contributed by atoms with Crippen molar-refractivity contribution in [2.45, 2.75) is 38.3 Å². The summed E-state index contributed by atoms with van der Waals surface area (Å²) in [6.45, 7) is 2.83. The van der Waals surface area contributed by atoms with Gasteiger partial charge in [0.1, 0.15) is 0 Å². The summed E-state index contributed by atoms with van der Waals surface area (Å²) < 4.78 is 1.08. The third-order valence-electron chi connectivity index (χ3n) is 3.09. The van der Waals surface area contributed by atoms with Gasteiger partial charge in [0.2, 0.25) is 5.91 Å². The van der Waals surface area contributed by atoms with E-state index < -0.39 is 0 Å². The molecule has 1 unspecified atom stereocenters. The molecule has 0 aromatic heterocycles. The van der Waals surface area contributed by atoms with Gasteiger partial charge in [0.05, 0.1) is 0 Å². The molecule has 98 valence electrons. The summed E-state index contributed by atoms with van der Waals surface area (Å²) in [6.07, 6.45) is 2.84. The third-order valence-corrected chi connectivity index (χ3v) is 3.59. The Balaban J connectivity index is 1.70. The Bertz CT molecular complexity index is 418. The van der Waals surface area contributed by atoms with Gasteiger partial charge in [-0.05, 0) is 37.5 Å². The minimum atomic E-state index is 0.159. The molecule has 0 radical (unpaired) electrons. The van der Waals surface area contributed by atoms with Gasteiger partial charge in [0, 0.05) is 29.5 Å². The zero-order valence-corrected chi connectivity index (χ0v) is 12.2. The van der Waals surface area contributed by atoms with Crippen LogP contribution in [0.15, 0.2) is 28.7 Å². The van der Waals surface area contributed by atoms with Crippen LogP contribution in [0.2, 0.25) is 0 Å². The van der Waals surface area contributed by atoms with E-state index >= 15 is 0 Å². The summed E-state index contributed by atoms with van der Waals surface area (Å²) in [5, 5.41) is 6.36. The molecule has 1 aliphatic carbocycles. The fourth-order valence-corrected chi connectivity index (χ4v) is 2.24. The highest BCUT2D eigenvalue weighted by molar-refractivity contribution is 9.10. The number of hydrogen-bond donors (Lipinski definition) is 2. The average molecular weight is 311 g/mol. The topological polar surface area (TPSA) is 41.1 Å². The second kappa shape index (κ2) is 6.34. The maximum atomic E-state index is 11.5. The van der Waals surface area contributed by atoms with Crippen LogP contribution in [0.3, 0.4) is 0 Å². The number of amides is 1. The van der Waals surface area contributed by atoms with E-state index in [9.17, 15) is 4.79 Å². The largest absolute Gasteiger partial charge is 0.353 e. The van der Waals surface area contributed by atoms with Crippen molar-refractivity contribution in [3.8, 4) is 0 Å². The zero-order chi connectivity index (χ0) is 13.0. The van der Waals surface area contributed by atoms with Gasteiger partial charge >= 0.3 is 0 Å². The van der Waals surface area contributed by atoms with Gasteiger partial charge in [-0.2, -0.15) is 0 Å².